The van der Waals surface area contributed by atoms with Crippen molar-refractivity contribution in [3.8, 4) is 0 Å². The Labute approximate surface area is 122 Å². The molecule has 1 saturated carbocycles. The van der Waals surface area contributed by atoms with Gasteiger partial charge in [0.25, 0.3) is 5.91 Å². The minimum absolute atomic E-state index is 0.0930. The summed E-state index contributed by atoms with van der Waals surface area (Å²) < 4.78 is 5.05. The lowest BCUT2D eigenvalue weighted by atomic mass is 9.96. The van der Waals surface area contributed by atoms with Crippen LogP contribution in [0.4, 0.5) is 0 Å². The number of hydrogen-bond acceptors (Lipinski definition) is 4. The van der Waals surface area contributed by atoms with Crippen LogP contribution in [0.2, 0.25) is 0 Å². The maximum Gasteiger partial charge on any atom is 0.290 e. The fourth-order valence-electron chi connectivity index (χ4n) is 2.86. The van der Waals surface area contributed by atoms with Gasteiger partial charge in [-0.05, 0) is 37.1 Å². The number of amides is 1. The molecule has 0 aliphatic heterocycles. The molecule has 0 aromatic carbocycles. The van der Waals surface area contributed by atoms with Crippen LogP contribution in [0.3, 0.4) is 0 Å². The van der Waals surface area contributed by atoms with Crippen molar-refractivity contribution in [1.82, 2.24) is 10.5 Å². The number of aryl methyl sites for hydroxylation is 1. The van der Waals surface area contributed by atoms with Gasteiger partial charge in [0.2, 0.25) is 5.76 Å². The Kier molecular flexibility index (Phi) is 3.87. The van der Waals surface area contributed by atoms with Crippen molar-refractivity contribution in [1.29, 1.82) is 0 Å². The second kappa shape index (κ2) is 5.79. The van der Waals surface area contributed by atoms with E-state index in [0.717, 1.165) is 5.69 Å². The first-order valence-corrected chi connectivity index (χ1v) is 7.89. The van der Waals surface area contributed by atoms with Gasteiger partial charge in [0, 0.05) is 10.9 Å². The van der Waals surface area contributed by atoms with E-state index < -0.39 is 0 Å². The van der Waals surface area contributed by atoms with Crippen LogP contribution in [0.15, 0.2) is 28.1 Å². The minimum atomic E-state index is -0.170. The van der Waals surface area contributed by atoms with Crippen LogP contribution in [-0.2, 0) is 0 Å². The Morgan fingerprint density at radius 2 is 2.30 bits per heavy atom. The van der Waals surface area contributed by atoms with Crippen molar-refractivity contribution in [2.24, 2.45) is 5.92 Å². The SMILES string of the molecule is Cc1cc(C(=O)NC(c2cccs2)C2CCCC2)on1. The summed E-state index contributed by atoms with van der Waals surface area (Å²) in [4.78, 5) is 13.5. The maximum absolute atomic E-state index is 12.3. The van der Waals surface area contributed by atoms with Gasteiger partial charge in [-0.15, -0.1) is 11.3 Å². The van der Waals surface area contributed by atoms with E-state index in [1.807, 2.05) is 13.0 Å². The van der Waals surface area contributed by atoms with E-state index in [9.17, 15) is 4.79 Å². The first-order valence-electron chi connectivity index (χ1n) is 7.01. The van der Waals surface area contributed by atoms with Crippen LogP contribution in [0, 0.1) is 12.8 Å². The normalized spacial score (nSPS) is 17.2. The summed E-state index contributed by atoms with van der Waals surface area (Å²) >= 11 is 1.70. The number of carbonyl (C=O) groups is 1. The van der Waals surface area contributed by atoms with Crippen LogP contribution in [0.25, 0.3) is 0 Å². The van der Waals surface area contributed by atoms with Gasteiger partial charge in [-0.2, -0.15) is 0 Å². The predicted octanol–water partition coefficient (Wildman–Crippen LogP) is 3.71. The summed E-state index contributed by atoms with van der Waals surface area (Å²) in [6, 6.07) is 5.90. The molecule has 0 spiro atoms. The molecular weight excluding hydrogens is 272 g/mol. The van der Waals surface area contributed by atoms with Gasteiger partial charge >= 0.3 is 0 Å². The van der Waals surface area contributed by atoms with Crippen LogP contribution in [0.1, 0.15) is 52.9 Å². The fraction of sp³-hybridized carbons (Fsp3) is 0.467. The minimum Gasteiger partial charge on any atom is -0.351 e. The summed E-state index contributed by atoms with van der Waals surface area (Å²) in [6.07, 6.45) is 4.87. The Hall–Kier alpha value is -1.62. The quantitative estimate of drug-likeness (QED) is 0.934. The van der Waals surface area contributed by atoms with Crippen molar-refractivity contribution in [2.75, 3.05) is 0 Å². The van der Waals surface area contributed by atoms with E-state index in [-0.39, 0.29) is 11.9 Å². The smallest absolute Gasteiger partial charge is 0.290 e. The second-order valence-corrected chi connectivity index (χ2v) is 6.32. The molecule has 1 unspecified atom stereocenters. The van der Waals surface area contributed by atoms with Gasteiger partial charge in [0.15, 0.2) is 0 Å². The fourth-order valence-corrected chi connectivity index (χ4v) is 3.73. The van der Waals surface area contributed by atoms with E-state index in [2.05, 4.69) is 21.9 Å². The molecule has 1 amide bonds. The third-order valence-electron chi connectivity index (χ3n) is 3.86. The molecule has 2 heterocycles. The predicted molar refractivity (Wildman–Crippen MR) is 77.7 cm³/mol. The van der Waals surface area contributed by atoms with Crippen LogP contribution in [-0.4, -0.2) is 11.1 Å². The zero-order valence-electron chi connectivity index (χ0n) is 11.5. The van der Waals surface area contributed by atoms with Gasteiger partial charge < -0.3 is 9.84 Å². The van der Waals surface area contributed by atoms with E-state index in [1.165, 1.54) is 30.6 Å². The molecule has 20 heavy (non-hydrogen) atoms. The number of hydrogen-bond donors (Lipinski definition) is 1. The summed E-state index contributed by atoms with van der Waals surface area (Å²) in [5.41, 5.74) is 0.726. The Morgan fingerprint density at radius 3 is 2.90 bits per heavy atom. The monoisotopic (exact) mass is 290 g/mol. The highest BCUT2D eigenvalue weighted by Gasteiger charge is 2.29. The highest BCUT2D eigenvalue weighted by molar-refractivity contribution is 7.10. The first-order chi connectivity index (χ1) is 9.74. The van der Waals surface area contributed by atoms with Gasteiger partial charge in [-0.1, -0.05) is 24.1 Å². The molecule has 2 aromatic heterocycles. The van der Waals surface area contributed by atoms with Crippen LogP contribution in [0.5, 0.6) is 0 Å². The number of aromatic nitrogens is 1. The molecule has 0 radical (unpaired) electrons. The van der Waals surface area contributed by atoms with Gasteiger partial charge in [0.05, 0.1) is 11.7 Å². The molecule has 0 bridgehead atoms. The van der Waals surface area contributed by atoms with E-state index >= 15 is 0 Å². The van der Waals surface area contributed by atoms with Crippen molar-refractivity contribution < 1.29 is 9.32 Å². The lowest BCUT2D eigenvalue weighted by Crippen LogP contribution is -2.32. The second-order valence-electron chi connectivity index (χ2n) is 5.34. The highest BCUT2D eigenvalue weighted by Crippen LogP contribution is 2.37. The average molecular weight is 290 g/mol. The molecule has 2 aromatic rings. The van der Waals surface area contributed by atoms with Crippen molar-refractivity contribution in [2.45, 2.75) is 38.6 Å². The third kappa shape index (κ3) is 2.77. The standard InChI is InChI=1S/C15H18N2O2S/c1-10-9-12(19-17-10)15(18)16-14(11-5-2-3-6-11)13-7-4-8-20-13/h4,7-9,11,14H,2-3,5-6H2,1H3,(H,16,18). The third-order valence-corrected chi connectivity index (χ3v) is 4.81. The van der Waals surface area contributed by atoms with E-state index in [0.29, 0.717) is 11.7 Å². The highest BCUT2D eigenvalue weighted by atomic mass is 32.1. The summed E-state index contributed by atoms with van der Waals surface area (Å²) in [5, 5.41) is 8.96. The molecule has 1 fully saturated rings. The molecule has 4 nitrogen and oxygen atoms in total. The molecule has 106 valence electrons. The molecule has 5 heteroatoms. The lowest BCUT2D eigenvalue weighted by molar-refractivity contribution is 0.0885. The molecule has 1 aliphatic rings. The maximum atomic E-state index is 12.3. The van der Waals surface area contributed by atoms with E-state index in [1.54, 1.807) is 17.4 Å². The van der Waals surface area contributed by atoms with Gasteiger partial charge in [-0.3, -0.25) is 4.79 Å². The largest absolute Gasteiger partial charge is 0.351 e. The number of thiophene rings is 1. The van der Waals surface area contributed by atoms with Crippen molar-refractivity contribution >= 4 is 17.2 Å². The lowest BCUT2D eigenvalue weighted by Gasteiger charge is -2.23. The molecule has 0 saturated heterocycles. The molecule has 1 atom stereocenters. The van der Waals surface area contributed by atoms with Crippen molar-refractivity contribution in [3.63, 3.8) is 0 Å². The van der Waals surface area contributed by atoms with Crippen LogP contribution >= 0.6 is 11.3 Å². The van der Waals surface area contributed by atoms with Crippen LogP contribution < -0.4 is 5.32 Å². The van der Waals surface area contributed by atoms with Gasteiger partial charge in [-0.25, -0.2) is 0 Å². The number of nitrogens with one attached hydrogen (secondary N) is 1. The van der Waals surface area contributed by atoms with Crippen molar-refractivity contribution in [3.05, 3.63) is 39.9 Å². The molecule has 3 rings (SSSR count). The number of carbonyl (C=O) groups excluding carboxylic acids is 1. The summed E-state index contributed by atoms with van der Waals surface area (Å²) in [7, 11) is 0. The summed E-state index contributed by atoms with van der Waals surface area (Å²) in [5.74, 6) is 0.652. The zero-order chi connectivity index (χ0) is 13.9. The number of nitrogens with zero attached hydrogens (tertiary/aromatic N) is 1. The number of rotatable bonds is 4. The Balaban J connectivity index is 1.77. The first kappa shape index (κ1) is 13.4. The topological polar surface area (TPSA) is 55.1 Å². The van der Waals surface area contributed by atoms with Gasteiger partial charge in [0.1, 0.15) is 0 Å². The zero-order valence-corrected chi connectivity index (χ0v) is 12.3. The molecule has 1 aliphatic carbocycles. The molecule has 1 N–H and O–H groups in total. The Bertz CT molecular complexity index is 570. The van der Waals surface area contributed by atoms with E-state index in [4.69, 9.17) is 4.52 Å². The summed E-state index contributed by atoms with van der Waals surface area (Å²) in [6.45, 7) is 1.81. The average Bonchev–Trinajstić information content (AvgIpc) is 3.17. The Morgan fingerprint density at radius 1 is 1.50 bits per heavy atom. The molecular formula is C15H18N2O2S.